The van der Waals surface area contributed by atoms with Gasteiger partial charge in [0.05, 0.1) is 6.61 Å². The van der Waals surface area contributed by atoms with E-state index in [1.165, 1.54) is 0 Å². The first-order valence-corrected chi connectivity index (χ1v) is 4.52. The van der Waals surface area contributed by atoms with Crippen molar-refractivity contribution in [1.29, 1.82) is 0 Å². The smallest absolute Gasteiger partial charge is 0.157 e. The molecule has 0 bridgehead atoms. The monoisotopic (exact) mass is 188 g/mol. The summed E-state index contributed by atoms with van der Waals surface area (Å²) in [5.74, 6) is 0.191. The highest BCUT2D eigenvalue weighted by atomic mass is 16.7. The lowest BCUT2D eigenvalue weighted by Crippen LogP contribution is -2.24. The highest BCUT2D eigenvalue weighted by Gasteiger charge is 2.13. The van der Waals surface area contributed by atoms with E-state index in [0.717, 1.165) is 25.9 Å². The van der Waals surface area contributed by atoms with Crippen LogP contribution in [0.5, 0.6) is 0 Å². The van der Waals surface area contributed by atoms with Gasteiger partial charge in [-0.25, -0.2) is 0 Å². The summed E-state index contributed by atoms with van der Waals surface area (Å²) in [7, 11) is 0. The molecule has 13 heavy (non-hydrogen) atoms. The summed E-state index contributed by atoms with van der Waals surface area (Å²) in [5, 5.41) is 11.1. The van der Waals surface area contributed by atoms with Gasteiger partial charge < -0.3 is 20.4 Å². The number of ether oxygens (including phenoxy) is 2. The third kappa shape index (κ3) is 4.10. The van der Waals surface area contributed by atoms with Crippen LogP contribution in [-0.2, 0) is 9.47 Å². The molecule has 1 saturated heterocycles. The second-order valence-corrected chi connectivity index (χ2v) is 3.01. The van der Waals surface area contributed by atoms with E-state index in [1.54, 1.807) is 0 Å². The fourth-order valence-corrected chi connectivity index (χ4v) is 1.19. The van der Waals surface area contributed by atoms with Crippen molar-refractivity contribution in [3.8, 4) is 0 Å². The Bertz CT molecular complexity index is 167. The normalized spacial score (nSPS) is 24.6. The van der Waals surface area contributed by atoms with Crippen molar-refractivity contribution in [2.45, 2.75) is 32.0 Å². The summed E-state index contributed by atoms with van der Waals surface area (Å²) in [6.45, 7) is 1.22. The van der Waals surface area contributed by atoms with E-state index in [1.807, 2.05) is 0 Å². The molecule has 3 N–H and O–H groups in total. The number of hydrogen-bond acceptors (Lipinski definition) is 4. The minimum Gasteiger partial charge on any atom is -0.409 e. The molecule has 1 atom stereocenters. The molecule has 1 fully saturated rings. The minimum atomic E-state index is -0.0970. The Hall–Kier alpha value is -0.810. The van der Waals surface area contributed by atoms with Crippen molar-refractivity contribution in [3.63, 3.8) is 0 Å². The average Bonchev–Trinajstić information content (AvgIpc) is 2.19. The molecule has 5 nitrogen and oxygen atoms in total. The van der Waals surface area contributed by atoms with Crippen molar-refractivity contribution >= 4 is 5.84 Å². The van der Waals surface area contributed by atoms with Crippen molar-refractivity contribution in [3.05, 3.63) is 0 Å². The van der Waals surface area contributed by atoms with Gasteiger partial charge >= 0.3 is 0 Å². The molecule has 0 saturated carbocycles. The number of amidine groups is 1. The average molecular weight is 188 g/mol. The van der Waals surface area contributed by atoms with Crippen LogP contribution < -0.4 is 5.73 Å². The largest absolute Gasteiger partial charge is 0.409 e. The Balaban J connectivity index is 2.04. The fraction of sp³-hybridized carbons (Fsp3) is 0.875. The van der Waals surface area contributed by atoms with Gasteiger partial charge in [0.2, 0.25) is 0 Å². The Labute approximate surface area is 77.5 Å². The molecule has 1 aliphatic heterocycles. The maximum Gasteiger partial charge on any atom is 0.157 e. The third-order valence-corrected chi connectivity index (χ3v) is 1.93. The summed E-state index contributed by atoms with van der Waals surface area (Å²) < 4.78 is 10.7. The zero-order valence-corrected chi connectivity index (χ0v) is 7.61. The maximum absolute atomic E-state index is 8.25. The lowest BCUT2D eigenvalue weighted by molar-refractivity contribution is -0.160. The predicted molar refractivity (Wildman–Crippen MR) is 47.6 cm³/mol. The van der Waals surface area contributed by atoms with Crippen LogP contribution in [0.1, 0.15) is 25.7 Å². The van der Waals surface area contributed by atoms with Gasteiger partial charge in [0.1, 0.15) is 5.84 Å². The topological polar surface area (TPSA) is 77.1 Å². The number of nitrogens with two attached hydrogens (primary N) is 1. The van der Waals surface area contributed by atoms with Crippen molar-refractivity contribution < 1.29 is 14.7 Å². The summed E-state index contributed by atoms with van der Waals surface area (Å²) in [6, 6.07) is 0. The van der Waals surface area contributed by atoms with Gasteiger partial charge in [0.15, 0.2) is 6.29 Å². The molecule has 1 heterocycles. The predicted octanol–water partition coefficient (Wildman–Crippen LogP) is 0.666. The van der Waals surface area contributed by atoms with Gasteiger partial charge in [-0.2, -0.15) is 0 Å². The Kier molecular flexibility index (Phi) is 4.56. The SMILES string of the molecule is NC(CCOC1CCCCO1)=NO. The van der Waals surface area contributed by atoms with E-state index in [9.17, 15) is 0 Å². The van der Waals surface area contributed by atoms with E-state index in [2.05, 4.69) is 5.16 Å². The summed E-state index contributed by atoms with van der Waals surface area (Å²) in [5.41, 5.74) is 5.27. The molecule has 0 radical (unpaired) electrons. The standard InChI is InChI=1S/C8H16N2O3/c9-7(10-11)4-6-13-8-3-1-2-5-12-8/h8,11H,1-6H2,(H2,9,10). The zero-order chi connectivity index (χ0) is 9.52. The van der Waals surface area contributed by atoms with Crippen LogP contribution in [0.25, 0.3) is 0 Å². The second-order valence-electron chi connectivity index (χ2n) is 3.01. The Morgan fingerprint density at radius 1 is 1.62 bits per heavy atom. The first-order valence-electron chi connectivity index (χ1n) is 4.52. The van der Waals surface area contributed by atoms with Crippen molar-refractivity contribution in [1.82, 2.24) is 0 Å². The van der Waals surface area contributed by atoms with E-state index >= 15 is 0 Å². The molecule has 1 rings (SSSR count). The Morgan fingerprint density at radius 2 is 2.46 bits per heavy atom. The molecular weight excluding hydrogens is 172 g/mol. The number of rotatable bonds is 4. The van der Waals surface area contributed by atoms with Gasteiger partial charge in [-0.1, -0.05) is 5.16 Å². The molecule has 0 aromatic rings. The molecular formula is C8H16N2O3. The number of hydrogen-bond donors (Lipinski definition) is 2. The summed E-state index contributed by atoms with van der Waals surface area (Å²) in [4.78, 5) is 0. The highest BCUT2D eigenvalue weighted by molar-refractivity contribution is 5.79. The molecule has 0 aromatic heterocycles. The molecule has 0 aromatic carbocycles. The quantitative estimate of drug-likeness (QED) is 0.294. The van der Waals surface area contributed by atoms with Gasteiger partial charge in [-0.15, -0.1) is 0 Å². The maximum atomic E-state index is 8.25. The first-order chi connectivity index (χ1) is 6.33. The van der Waals surface area contributed by atoms with Crippen LogP contribution in [0.3, 0.4) is 0 Å². The van der Waals surface area contributed by atoms with E-state index in [4.69, 9.17) is 20.4 Å². The Morgan fingerprint density at radius 3 is 3.08 bits per heavy atom. The molecule has 1 aliphatic rings. The summed E-state index contributed by atoms with van der Waals surface area (Å²) in [6.07, 6.45) is 3.54. The van der Waals surface area contributed by atoms with Crippen LogP contribution in [-0.4, -0.2) is 30.5 Å². The van der Waals surface area contributed by atoms with Crippen molar-refractivity contribution in [2.24, 2.45) is 10.9 Å². The van der Waals surface area contributed by atoms with Crippen LogP contribution >= 0.6 is 0 Å². The number of nitrogens with zero attached hydrogens (tertiary/aromatic N) is 1. The minimum absolute atomic E-state index is 0.0970. The lowest BCUT2D eigenvalue weighted by Gasteiger charge is -2.22. The molecule has 76 valence electrons. The van der Waals surface area contributed by atoms with Gasteiger partial charge in [0, 0.05) is 13.0 Å². The first kappa shape index (κ1) is 10.3. The van der Waals surface area contributed by atoms with Gasteiger partial charge in [-0.05, 0) is 19.3 Å². The summed E-state index contributed by atoms with van der Waals surface area (Å²) >= 11 is 0. The molecule has 0 aliphatic carbocycles. The highest BCUT2D eigenvalue weighted by Crippen LogP contribution is 2.13. The number of oxime groups is 1. The van der Waals surface area contributed by atoms with E-state index in [-0.39, 0.29) is 12.1 Å². The zero-order valence-electron chi connectivity index (χ0n) is 7.61. The second kappa shape index (κ2) is 5.77. The van der Waals surface area contributed by atoms with Crippen LogP contribution in [0.4, 0.5) is 0 Å². The molecule has 0 amide bonds. The van der Waals surface area contributed by atoms with Crippen LogP contribution in [0, 0.1) is 0 Å². The molecule has 1 unspecified atom stereocenters. The van der Waals surface area contributed by atoms with Crippen LogP contribution in [0.2, 0.25) is 0 Å². The fourth-order valence-electron chi connectivity index (χ4n) is 1.19. The van der Waals surface area contributed by atoms with Crippen molar-refractivity contribution in [2.75, 3.05) is 13.2 Å². The van der Waals surface area contributed by atoms with Gasteiger partial charge in [0.25, 0.3) is 0 Å². The van der Waals surface area contributed by atoms with Crippen LogP contribution in [0.15, 0.2) is 5.16 Å². The third-order valence-electron chi connectivity index (χ3n) is 1.93. The molecule has 0 spiro atoms. The van der Waals surface area contributed by atoms with E-state index < -0.39 is 0 Å². The van der Waals surface area contributed by atoms with E-state index in [0.29, 0.717) is 13.0 Å². The molecule has 5 heteroatoms. The lowest BCUT2D eigenvalue weighted by atomic mass is 10.2. The van der Waals surface area contributed by atoms with Gasteiger partial charge in [-0.3, -0.25) is 0 Å².